The molecule has 7 heteroatoms. The summed E-state index contributed by atoms with van der Waals surface area (Å²) in [4.78, 5) is 13.0. The molecule has 0 saturated heterocycles. The Hall–Kier alpha value is -1.21. The number of carbonyl (C=O) groups is 1. The molecule has 0 radical (unpaired) electrons. The number of alkyl halides is 2. The molecule has 0 spiro atoms. The number of hydrogen-bond acceptors (Lipinski definition) is 4. The average Bonchev–Trinajstić information content (AvgIpc) is 2.32. The van der Waals surface area contributed by atoms with Gasteiger partial charge in [0.1, 0.15) is 5.75 Å². The first-order valence-corrected chi connectivity index (χ1v) is 6.79. The number of benzene rings is 1. The standard InChI is InChI=1S/C13H16BrF2NO3/c1-3-19-12(18)8-17(2)7-9-6-10(14)4-5-11(9)20-13(15)16/h4-6,13H,3,7-8H2,1-2H3. The molecule has 112 valence electrons. The van der Waals surface area contributed by atoms with Gasteiger partial charge in [0.15, 0.2) is 0 Å². The summed E-state index contributed by atoms with van der Waals surface area (Å²) in [7, 11) is 1.70. The zero-order valence-corrected chi connectivity index (χ0v) is 12.8. The number of hydrogen-bond donors (Lipinski definition) is 0. The summed E-state index contributed by atoms with van der Waals surface area (Å²) in [5.41, 5.74) is 0.562. The Kier molecular flexibility index (Phi) is 6.87. The van der Waals surface area contributed by atoms with E-state index >= 15 is 0 Å². The number of nitrogens with zero attached hydrogens (tertiary/aromatic N) is 1. The molecule has 20 heavy (non-hydrogen) atoms. The van der Waals surface area contributed by atoms with Crippen molar-refractivity contribution >= 4 is 21.9 Å². The molecule has 0 fully saturated rings. The Morgan fingerprint density at radius 3 is 2.75 bits per heavy atom. The maximum Gasteiger partial charge on any atom is 0.387 e. The third kappa shape index (κ3) is 5.83. The highest BCUT2D eigenvalue weighted by Gasteiger charge is 2.14. The maximum absolute atomic E-state index is 12.3. The molecule has 1 rings (SSSR count). The fraction of sp³-hybridized carbons (Fsp3) is 0.462. The van der Waals surface area contributed by atoms with Crippen LogP contribution >= 0.6 is 15.9 Å². The molecular formula is C13H16BrF2NO3. The minimum absolute atomic E-state index is 0.0778. The summed E-state index contributed by atoms with van der Waals surface area (Å²) in [6.45, 7) is -0.482. The van der Waals surface area contributed by atoms with Crippen molar-refractivity contribution in [1.82, 2.24) is 4.90 Å². The number of esters is 1. The average molecular weight is 352 g/mol. The monoisotopic (exact) mass is 351 g/mol. The predicted molar refractivity (Wildman–Crippen MR) is 73.7 cm³/mol. The van der Waals surface area contributed by atoms with Gasteiger partial charge < -0.3 is 9.47 Å². The van der Waals surface area contributed by atoms with Gasteiger partial charge in [-0.05, 0) is 32.2 Å². The molecule has 0 aromatic heterocycles. The molecule has 0 heterocycles. The molecule has 0 N–H and O–H groups in total. The zero-order chi connectivity index (χ0) is 15.1. The second-order valence-electron chi connectivity index (χ2n) is 4.11. The molecule has 0 amide bonds. The van der Waals surface area contributed by atoms with Gasteiger partial charge in [-0.25, -0.2) is 0 Å². The lowest BCUT2D eigenvalue weighted by Crippen LogP contribution is -2.27. The third-order valence-corrected chi connectivity index (χ3v) is 2.88. The van der Waals surface area contributed by atoms with E-state index in [4.69, 9.17) is 4.74 Å². The summed E-state index contributed by atoms with van der Waals surface area (Å²) in [5, 5.41) is 0. The largest absolute Gasteiger partial charge is 0.465 e. The fourth-order valence-electron chi connectivity index (χ4n) is 1.66. The van der Waals surface area contributed by atoms with Crippen molar-refractivity contribution in [3.8, 4) is 5.75 Å². The van der Waals surface area contributed by atoms with Gasteiger partial charge in [-0.3, -0.25) is 9.69 Å². The van der Waals surface area contributed by atoms with Crippen LogP contribution in [0, 0.1) is 0 Å². The van der Waals surface area contributed by atoms with Crippen LogP contribution in [0.2, 0.25) is 0 Å². The van der Waals surface area contributed by atoms with E-state index in [1.54, 1.807) is 31.0 Å². The summed E-state index contributed by atoms with van der Waals surface area (Å²) in [6, 6.07) is 4.76. The molecule has 0 aliphatic heterocycles. The van der Waals surface area contributed by atoms with Crippen molar-refractivity contribution in [2.24, 2.45) is 0 Å². The number of carbonyl (C=O) groups excluding carboxylic acids is 1. The maximum atomic E-state index is 12.3. The van der Waals surface area contributed by atoms with Crippen LogP contribution in [-0.4, -0.2) is 37.7 Å². The van der Waals surface area contributed by atoms with E-state index in [-0.39, 0.29) is 18.3 Å². The second-order valence-corrected chi connectivity index (χ2v) is 5.02. The van der Waals surface area contributed by atoms with Crippen molar-refractivity contribution in [3.63, 3.8) is 0 Å². The van der Waals surface area contributed by atoms with E-state index in [0.29, 0.717) is 18.7 Å². The highest BCUT2D eigenvalue weighted by atomic mass is 79.9. The van der Waals surface area contributed by atoms with Crippen LogP contribution in [0.3, 0.4) is 0 Å². The van der Waals surface area contributed by atoms with Crippen molar-refractivity contribution in [3.05, 3.63) is 28.2 Å². The Bertz CT molecular complexity index is 457. The van der Waals surface area contributed by atoms with Crippen molar-refractivity contribution in [1.29, 1.82) is 0 Å². The van der Waals surface area contributed by atoms with E-state index < -0.39 is 6.61 Å². The Morgan fingerprint density at radius 1 is 1.45 bits per heavy atom. The molecule has 0 aliphatic carbocycles. The first kappa shape index (κ1) is 16.8. The van der Waals surface area contributed by atoms with Crippen LogP contribution in [0.4, 0.5) is 8.78 Å². The Morgan fingerprint density at radius 2 is 2.15 bits per heavy atom. The van der Waals surface area contributed by atoms with E-state index in [2.05, 4.69) is 20.7 Å². The summed E-state index contributed by atoms with van der Waals surface area (Å²) in [6.07, 6.45) is 0. The SMILES string of the molecule is CCOC(=O)CN(C)Cc1cc(Br)ccc1OC(F)F. The summed E-state index contributed by atoms with van der Waals surface area (Å²) >= 11 is 3.27. The first-order valence-electron chi connectivity index (χ1n) is 5.99. The van der Waals surface area contributed by atoms with Crippen molar-refractivity contribution < 1.29 is 23.0 Å². The summed E-state index contributed by atoms with van der Waals surface area (Å²) in [5.74, 6) is -0.264. The van der Waals surface area contributed by atoms with E-state index in [0.717, 1.165) is 4.47 Å². The molecule has 0 unspecified atom stereocenters. The van der Waals surface area contributed by atoms with Gasteiger partial charge >= 0.3 is 12.6 Å². The molecule has 0 atom stereocenters. The second kappa shape index (κ2) is 8.16. The minimum Gasteiger partial charge on any atom is -0.465 e. The highest BCUT2D eigenvalue weighted by molar-refractivity contribution is 9.10. The summed E-state index contributed by atoms with van der Waals surface area (Å²) < 4.78 is 34.7. The zero-order valence-electron chi connectivity index (χ0n) is 11.2. The van der Waals surface area contributed by atoms with Crippen LogP contribution in [0.25, 0.3) is 0 Å². The van der Waals surface area contributed by atoms with E-state index in [1.165, 1.54) is 6.07 Å². The van der Waals surface area contributed by atoms with Gasteiger partial charge in [0.05, 0.1) is 13.2 Å². The van der Waals surface area contributed by atoms with Gasteiger partial charge in [0.25, 0.3) is 0 Å². The number of ether oxygens (including phenoxy) is 2. The molecule has 1 aromatic carbocycles. The lowest BCUT2D eigenvalue weighted by Gasteiger charge is -2.18. The first-order chi connectivity index (χ1) is 9.42. The smallest absolute Gasteiger partial charge is 0.387 e. The third-order valence-electron chi connectivity index (χ3n) is 2.38. The van der Waals surface area contributed by atoms with Crippen LogP contribution < -0.4 is 4.74 Å². The molecule has 1 aromatic rings. The normalized spacial score (nSPS) is 10.9. The fourth-order valence-corrected chi connectivity index (χ4v) is 2.06. The van der Waals surface area contributed by atoms with Crippen molar-refractivity contribution in [2.45, 2.75) is 20.1 Å². The number of rotatable bonds is 7. The van der Waals surface area contributed by atoms with Crippen LogP contribution in [0.5, 0.6) is 5.75 Å². The molecular weight excluding hydrogens is 336 g/mol. The van der Waals surface area contributed by atoms with Crippen LogP contribution in [-0.2, 0) is 16.1 Å². The van der Waals surface area contributed by atoms with Gasteiger partial charge in [0, 0.05) is 16.6 Å². The lowest BCUT2D eigenvalue weighted by atomic mass is 10.2. The van der Waals surface area contributed by atoms with Crippen LogP contribution in [0.15, 0.2) is 22.7 Å². The van der Waals surface area contributed by atoms with Gasteiger partial charge in [0.2, 0.25) is 0 Å². The predicted octanol–water partition coefficient (Wildman–Crippen LogP) is 3.05. The topological polar surface area (TPSA) is 38.8 Å². The highest BCUT2D eigenvalue weighted by Crippen LogP contribution is 2.25. The van der Waals surface area contributed by atoms with Crippen molar-refractivity contribution in [2.75, 3.05) is 20.2 Å². The van der Waals surface area contributed by atoms with E-state index in [9.17, 15) is 13.6 Å². The van der Waals surface area contributed by atoms with E-state index in [1.807, 2.05) is 0 Å². The van der Waals surface area contributed by atoms with Gasteiger partial charge in [-0.1, -0.05) is 15.9 Å². The Labute approximate surface area is 124 Å². The van der Waals surface area contributed by atoms with Gasteiger partial charge in [-0.2, -0.15) is 8.78 Å². The molecule has 0 saturated carbocycles. The molecule has 4 nitrogen and oxygen atoms in total. The molecule has 0 bridgehead atoms. The number of halogens is 3. The van der Waals surface area contributed by atoms with Crippen LogP contribution in [0.1, 0.15) is 12.5 Å². The van der Waals surface area contributed by atoms with Gasteiger partial charge in [-0.15, -0.1) is 0 Å². The molecule has 0 aliphatic rings. The Balaban J connectivity index is 2.74. The quantitative estimate of drug-likeness (QED) is 0.707. The lowest BCUT2D eigenvalue weighted by molar-refractivity contribution is -0.144. The number of likely N-dealkylation sites (N-methyl/N-ethyl adjacent to an activating group) is 1. The minimum atomic E-state index is -2.88.